The van der Waals surface area contributed by atoms with Crippen LogP contribution in [0.2, 0.25) is 0 Å². The van der Waals surface area contributed by atoms with Crippen molar-refractivity contribution in [2.75, 3.05) is 11.4 Å². The first-order chi connectivity index (χ1) is 8.65. The average Bonchev–Trinajstić information content (AvgIpc) is 2.93. The van der Waals surface area contributed by atoms with Gasteiger partial charge in [0.15, 0.2) is 11.5 Å². The van der Waals surface area contributed by atoms with Gasteiger partial charge in [0, 0.05) is 13.0 Å². The second kappa shape index (κ2) is 3.88. The summed E-state index contributed by atoms with van der Waals surface area (Å²) >= 11 is 0. The highest BCUT2D eigenvalue weighted by molar-refractivity contribution is 5.78. The number of carboxylic acids is 1. The predicted octanol–water partition coefficient (Wildman–Crippen LogP) is -1.46. The van der Waals surface area contributed by atoms with Gasteiger partial charge in [-0.2, -0.15) is 0 Å². The molecule has 0 amide bonds. The molecular formula is C9H10N6O3. The third kappa shape index (κ3) is 1.64. The second-order valence-electron chi connectivity index (χ2n) is 4.11. The molecule has 94 valence electrons. The Kier molecular flexibility index (Phi) is 2.33. The lowest BCUT2D eigenvalue weighted by molar-refractivity contribution is -0.138. The van der Waals surface area contributed by atoms with Crippen molar-refractivity contribution in [3.05, 3.63) is 12.1 Å². The maximum absolute atomic E-state index is 11.1. The molecule has 18 heavy (non-hydrogen) atoms. The van der Waals surface area contributed by atoms with E-state index in [9.17, 15) is 9.90 Å². The van der Waals surface area contributed by atoms with Gasteiger partial charge in [-0.15, -0.1) is 14.8 Å². The normalized spacial score (nSPS) is 23.7. The molecule has 0 aliphatic carbocycles. The smallest absolute Gasteiger partial charge is 0.326 e. The molecule has 2 unspecified atom stereocenters. The van der Waals surface area contributed by atoms with E-state index >= 15 is 0 Å². The van der Waals surface area contributed by atoms with E-state index < -0.39 is 18.1 Å². The van der Waals surface area contributed by atoms with E-state index in [1.54, 1.807) is 12.1 Å². The molecule has 1 saturated heterocycles. The molecule has 3 rings (SSSR count). The Hall–Kier alpha value is -2.29. The third-order valence-corrected chi connectivity index (χ3v) is 2.91. The largest absolute Gasteiger partial charge is 0.480 e. The first-order valence-corrected chi connectivity index (χ1v) is 5.38. The van der Waals surface area contributed by atoms with Crippen molar-refractivity contribution in [3.8, 4) is 0 Å². The SMILES string of the molecule is O=C(O)C1CC(O)CN1c1ccc2nnnn2n1. The zero-order chi connectivity index (χ0) is 12.7. The number of anilines is 1. The number of nitrogens with zero attached hydrogens (tertiary/aromatic N) is 6. The van der Waals surface area contributed by atoms with E-state index in [0.29, 0.717) is 11.5 Å². The van der Waals surface area contributed by atoms with Gasteiger partial charge in [0.1, 0.15) is 6.04 Å². The zero-order valence-electron chi connectivity index (χ0n) is 9.21. The number of aliphatic hydroxyl groups is 1. The molecule has 2 atom stereocenters. The first kappa shape index (κ1) is 10.8. The molecule has 1 aliphatic heterocycles. The fourth-order valence-electron chi connectivity index (χ4n) is 2.09. The standard InChI is InChI=1S/C9H10N6O3/c16-5-3-6(9(17)18)14(4-5)8-2-1-7-10-12-13-15(7)11-8/h1-2,5-6,16H,3-4H2,(H,17,18). The van der Waals surface area contributed by atoms with Crippen molar-refractivity contribution in [2.45, 2.75) is 18.6 Å². The minimum atomic E-state index is -0.981. The fraction of sp³-hybridized carbons (Fsp3) is 0.444. The summed E-state index contributed by atoms with van der Waals surface area (Å²) in [6.07, 6.45) is -0.484. The molecule has 0 saturated carbocycles. The van der Waals surface area contributed by atoms with Crippen LogP contribution in [0.4, 0.5) is 5.82 Å². The predicted molar refractivity (Wildman–Crippen MR) is 58.0 cm³/mol. The van der Waals surface area contributed by atoms with Crippen LogP contribution in [-0.2, 0) is 4.79 Å². The molecule has 2 N–H and O–H groups in total. The number of hydrogen-bond donors (Lipinski definition) is 2. The second-order valence-corrected chi connectivity index (χ2v) is 4.11. The van der Waals surface area contributed by atoms with Crippen molar-refractivity contribution in [1.29, 1.82) is 0 Å². The summed E-state index contributed by atoms with van der Waals surface area (Å²) in [5, 5.41) is 33.6. The van der Waals surface area contributed by atoms with E-state index in [1.165, 1.54) is 9.53 Å². The number of hydrogen-bond acceptors (Lipinski definition) is 7. The summed E-state index contributed by atoms with van der Waals surface area (Å²) in [7, 11) is 0. The third-order valence-electron chi connectivity index (χ3n) is 2.91. The van der Waals surface area contributed by atoms with E-state index in [4.69, 9.17) is 5.11 Å². The molecule has 2 aromatic rings. The van der Waals surface area contributed by atoms with Gasteiger partial charge in [-0.1, -0.05) is 0 Å². The number of tetrazole rings is 1. The topological polar surface area (TPSA) is 117 Å². The van der Waals surface area contributed by atoms with Crippen LogP contribution in [0.25, 0.3) is 5.65 Å². The molecule has 1 fully saturated rings. The number of aliphatic hydroxyl groups excluding tert-OH is 1. The van der Waals surface area contributed by atoms with Crippen molar-refractivity contribution in [1.82, 2.24) is 25.3 Å². The summed E-state index contributed by atoms with van der Waals surface area (Å²) < 4.78 is 1.22. The quantitative estimate of drug-likeness (QED) is 0.664. The zero-order valence-corrected chi connectivity index (χ0v) is 9.21. The van der Waals surface area contributed by atoms with Crippen molar-refractivity contribution < 1.29 is 15.0 Å². The monoisotopic (exact) mass is 250 g/mol. The number of fused-ring (bicyclic) bond motifs is 1. The maximum atomic E-state index is 11.1. The lowest BCUT2D eigenvalue weighted by Gasteiger charge is -2.21. The minimum Gasteiger partial charge on any atom is -0.480 e. The number of aromatic nitrogens is 5. The van der Waals surface area contributed by atoms with Crippen LogP contribution in [0, 0.1) is 0 Å². The summed E-state index contributed by atoms with van der Waals surface area (Å²) in [6.45, 7) is 0.234. The Balaban J connectivity index is 1.99. The molecule has 0 radical (unpaired) electrons. The fourth-order valence-corrected chi connectivity index (χ4v) is 2.09. The maximum Gasteiger partial charge on any atom is 0.326 e. The van der Waals surface area contributed by atoms with Crippen LogP contribution in [0.3, 0.4) is 0 Å². The van der Waals surface area contributed by atoms with Crippen LogP contribution in [0.5, 0.6) is 0 Å². The highest BCUT2D eigenvalue weighted by Crippen LogP contribution is 2.24. The molecule has 0 spiro atoms. The number of rotatable bonds is 2. The Morgan fingerprint density at radius 3 is 3.06 bits per heavy atom. The van der Waals surface area contributed by atoms with Crippen LogP contribution in [0.1, 0.15) is 6.42 Å². The molecule has 1 aliphatic rings. The van der Waals surface area contributed by atoms with E-state index in [2.05, 4.69) is 20.6 Å². The number of carbonyl (C=O) groups is 1. The molecule has 3 heterocycles. The number of carboxylic acid groups (broad SMARTS) is 1. The number of aliphatic carboxylic acids is 1. The van der Waals surface area contributed by atoms with Gasteiger partial charge < -0.3 is 15.1 Å². The van der Waals surface area contributed by atoms with Gasteiger partial charge in [0.25, 0.3) is 0 Å². The van der Waals surface area contributed by atoms with E-state index in [-0.39, 0.29) is 13.0 Å². The summed E-state index contributed by atoms with van der Waals surface area (Å²) in [5.74, 6) is -0.552. The van der Waals surface area contributed by atoms with Crippen LogP contribution >= 0.6 is 0 Å². The Morgan fingerprint density at radius 1 is 1.44 bits per heavy atom. The van der Waals surface area contributed by atoms with Crippen LogP contribution < -0.4 is 4.90 Å². The van der Waals surface area contributed by atoms with Gasteiger partial charge in [-0.05, 0) is 22.6 Å². The highest BCUT2D eigenvalue weighted by Gasteiger charge is 2.37. The Morgan fingerprint density at radius 2 is 2.28 bits per heavy atom. The van der Waals surface area contributed by atoms with Crippen LogP contribution in [-0.4, -0.2) is 60.1 Å². The molecule has 2 aromatic heterocycles. The minimum absolute atomic E-state index is 0.185. The highest BCUT2D eigenvalue weighted by atomic mass is 16.4. The van der Waals surface area contributed by atoms with Gasteiger partial charge in [-0.3, -0.25) is 0 Å². The lowest BCUT2D eigenvalue weighted by atomic mass is 10.2. The molecule has 0 bridgehead atoms. The summed E-state index contributed by atoms with van der Waals surface area (Å²) in [6, 6.07) is 2.51. The molecule has 9 nitrogen and oxygen atoms in total. The molecular weight excluding hydrogens is 240 g/mol. The van der Waals surface area contributed by atoms with Crippen molar-refractivity contribution >= 4 is 17.4 Å². The Bertz CT molecular complexity index is 599. The summed E-state index contributed by atoms with van der Waals surface area (Å²) in [4.78, 5) is 12.7. The molecule has 0 aromatic carbocycles. The van der Waals surface area contributed by atoms with Gasteiger partial charge in [-0.25, -0.2) is 4.79 Å². The van der Waals surface area contributed by atoms with E-state index in [1.807, 2.05) is 0 Å². The van der Waals surface area contributed by atoms with Gasteiger partial charge in [0.05, 0.1) is 6.10 Å². The van der Waals surface area contributed by atoms with Crippen molar-refractivity contribution in [3.63, 3.8) is 0 Å². The van der Waals surface area contributed by atoms with Gasteiger partial charge >= 0.3 is 5.97 Å². The Labute approximate surface area is 101 Å². The average molecular weight is 250 g/mol. The lowest BCUT2D eigenvalue weighted by Crippen LogP contribution is -2.36. The van der Waals surface area contributed by atoms with E-state index in [0.717, 1.165) is 0 Å². The number of β-amino-alcohol motifs (C(OH)–C–C–N with tert-alkyl or cyclic N) is 1. The molecule has 9 heteroatoms. The van der Waals surface area contributed by atoms with Crippen LogP contribution in [0.15, 0.2) is 12.1 Å². The van der Waals surface area contributed by atoms with Crippen molar-refractivity contribution in [2.24, 2.45) is 0 Å². The van der Waals surface area contributed by atoms with Gasteiger partial charge in [0.2, 0.25) is 0 Å². The summed E-state index contributed by atoms with van der Waals surface area (Å²) in [5.41, 5.74) is 0.477. The first-order valence-electron chi connectivity index (χ1n) is 5.38.